The Morgan fingerprint density at radius 2 is 2.21 bits per heavy atom. The maximum Gasteiger partial charge on any atom is 0.0949 e. The van der Waals surface area contributed by atoms with Crippen molar-refractivity contribution in [2.45, 2.75) is 59.3 Å². The van der Waals surface area contributed by atoms with E-state index in [0.29, 0.717) is 5.71 Å². The lowest BCUT2D eigenvalue weighted by Gasteiger charge is -2.08. The van der Waals surface area contributed by atoms with Gasteiger partial charge in [-0.25, -0.2) is 4.40 Å². The second-order valence-electron chi connectivity index (χ2n) is 5.40. The van der Waals surface area contributed by atoms with E-state index < -0.39 is 0 Å². The molecule has 2 nitrogen and oxygen atoms in total. The van der Waals surface area contributed by atoms with Crippen molar-refractivity contribution < 1.29 is 0 Å². The summed E-state index contributed by atoms with van der Waals surface area (Å²) in [6.07, 6.45) is 10.8. The maximum absolute atomic E-state index is 8.06. The van der Waals surface area contributed by atoms with Crippen LogP contribution in [0.25, 0.3) is 0 Å². The molecular weight excluding hydrogens is 252 g/mol. The average molecular weight is 278 g/mol. The van der Waals surface area contributed by atoms with Gasteiger partial charge in [0, 0.05) is 0 Å². The summed E-state index contributed by atoms with van der Waals surface area (Å²) in [6, 6.07) is 0. The summed E-state index contributed by atoms with van der Waals surface area (Å²) < 4.78 is 4.03. The van der Waals surface area contributed by atoms with Crippen molar-refractivity contribution in [3.05, 3.63) is 23.3 Å². The number of hydrogen-bond acceptors (Lipinski definition) is 3. The van der Waals surface area contributed by atoms with Crippen LogP contribution in [-0.4, -0.2) is 11.4 Å². The van der Waals surface area contributed by atoms with E-state index in [2.05, 4.69) is 50.1 Å². The summed E-state index contributed by atoms with van der Waals surface area (Å²) in [5, 5.41) is 8.06. The Labute approximate surface area is 123 Å². The van der Waals surface area contributed by atoms with E-state index in [1.807, 2.05) is 0 Å². The SMILES string of the molecule is CCCC(=N)C(=N\S)/C(=C/C=C1CCC(C)C1)CC. The highest BCUT2D eigenvalue weighted by Crippen LogP contribution is 2.29. The molecule has 0 aromatic rings. The monoisotopic (exact) mass is 278 g/mol. The van der Waals surface area contributed by atoms with E-state index in [1.54, 1.807) is 0 Å². The number of hydrogen-bond donors (Lipinski definition) is 2. The minimum absolute atomic E-state index is 0.601. The number of thiol groups is 1. The molecule has 3 heteroatoms. The Balaban J connectivity index is 2.83. The first kappa shape index (κ1) is 16.2. The number of nitrogens with zero attached hydrogens (tertiary/aromatic N) is 1. The van der Waals surface area contributed by atoms with Crippen LogP contribution in [0.3, 0.4) is 0 Å². The fourth-order valence-electron chi connectivity index (χ4n) is 2.50. The fraction of sp³-hybridized carbons (Fsp3) is 0.625. The molecule has 0 radical (unpaired) electrons. The van der Waals surface area contributed by atoms with Gasteiger partial charge in [-0.15, -0.1) is 0 Å². The van der Waals surface area contributed by atoms with E-state index in [9.17, 15) is 0 Å². The van der Waals surface area contributed by atoms with Crippen molar-refractivity contribution in [3.63, 3.8) is 0 Å². The number of nitrogens with one attached hydrogen (secondary N) is 1. The van der Waals surface area contributed by atoms with Crippen molar-refractivity contribution >= 4 is 24.2 Å². The van der Waals surface area contributed by atoms with Crippen molar-refractivity contribution in [3.8, 4) is 0 Å². The molecule has 1 rings (SSSR count). The third-order valence-corrected chi connectivity index (χ3v) is 3.86. The van der Waals surface area contributed by atoms with Gasteiger partial charge in [0.05, 0.1) is 11.4 Å². The Morgan fingerprint density at radius 1 is 1.47 bits per heavy atom. The first-order valence-corrected chi connectivity index (χ1v) is 7.71. The Kier molecular flexibility index (Phi) is 7.14. The molecule has 1 aliphatic carbocycles. The lowest BCUT2D eigenvalue weighted by Crippen LogP contribution is -2.14. The predicted octanol–water partition coefficient (Wildman–Crippen LogP) is 5.17. The molecule has 0 aromatic carbocycles. The zero-order valence-electron chi connectivity index (χ0n) is 12.4. The second-order valence-corrected chi connectivity index (χ2v) is 5.60. The normalized spacial score (nSPS) is 23.2. The van der Waals surface area contributed by atoms with Gasteiger partial charge in [-0.2, -0.15) is 0 Å². The summed E-state index contributed by atoms with van der Waals surface area (Å²) >= 11 is 4.04. The Bertz CT molecular complexity index is 405. The molecule has 0 aliphatic heterocycles. The smallest absolute Gasteiger partial charge is 0.0949 e. The highest BCUT2D eigenvalue weighted by molar-refractivity contribution is 7.79. The average Bonchev–Trinajstić information content (AvgIpc) is 2.80. The molecule has 1 atom stereocenters. The van der Waals surface area contributed by atoms with Gasteiger partial charge in [-0.05, 0) is 56.4 Å². The van der Waals surface area contributed by atoms with Crippen LogP contribution < -0.4 is 0 Å². The van der Waals surface area contributed by atoms with Crippen LogP contribution in [0.5, 0.6) is 0 Å². The molecule has 1 aliphatic rings. The van der Waals surface area contributed by atoms with Crippen LogP contribution in [0, 0.1) is 11.3 Å². The molecule has 0 spiro atoms. The fourth-order valence-corrected chi connectivity index (χ4v) is 2.75. The van der Waals surface area contributed by atoms with Crippen LogP contribution in [0.2, 0.25) is 0 Å². The highest BCUT2D eigenvalue weighted by atomic mass is 32.1. The third kappa shape index (κ3) is 4.98. The highest BCUT2D eigenvalue weighted by Gasteiger charge is 2.14. The van der Waals surface area contributed by atoms with Crippen molar-refractivity contribution in [1.29, 1.82) is 5.41 Å². The first-order chi connectivity index (χ1) is 9.12. The van der Waals surface area contributed by atoms with Gasteiger partial charge in [0.25, 0.3) is 0 Å². The number of allylic oxidation sites excluding steroid dienone is 4. The minimum atomic E-state index is 0.601. The zero-order valence-corrected chi connectivity index (χ0v) is 13.3. The van der Waals surface area contributed by atoms with E-state index in [0.717, 1.165) is 36.5 Å². The molecule has 1 N–H and O–H groups in total. The van der Waals surface area contributed by atoms with Crippen molar-refractivity contribution in [1.82, 2.24) is 0 Å². The molecule has 1 saturated carbocycles. The topological polar surface area (TPSA) is 36.2 Å². The summed E-state index contributed by atoms with van der Waals surface area (Å²) in [6.45, 7) is 6.50. The first-order valence-electron chi connectivity index (χ1n) is 7.31. The molecular formula is C16H26N2S. The largest absolute Gasteiger partial charge is 0.303 e. The molecule has 1 fully saturated rings. The summed E-state index contributed by atoms with van der Waals surface area (Å²) in [5.41, 5.74) is 4.01. The van der Waals surface area contributed by atoms with Gasteiger partial charge in [-0.3, -0.25) is 0 Å². The Hall–Kier alpha value is -0.830. The van der Waals surface area contributed by atoms with Gasteiger partial charge in [0.1, 0.15) is 0 Å². The molecule has 0 amide bonds. The molecule has 0 aromatic heterocycles. The quantitative estimate of drug-likeness (QED) is 0.496. The van der Waals surface area contributed by atoms with Crippen molar-refractivity contribution in [2.75, 3.05) is 0 Å². The Morgan fingerprint density at radius 3 is 2.68 bits per heavy atom. The predicted molar refractivity (Wildman–Crippen MR) is 88.5 cm³/mol. The van der Waals surface area contributed by atoms with Gasteiger partial charge in [0.15, 0.2) is 0 Å². The van der Waals surface area contributed by atoms with Gasteiger partial charge < -0.3 is 5.41 Å². The lowest BCUT2D eigenvalue weighted by atomic mass is 9.99. The molecule has 0 heterocycles. The standard InChI is InChI=1S/C16H26N2S/c1-4-6-15(17)16(18-19)14(5-2)10-9-13-8-7-12(3)11-13/h9-10,12,17,19H,4-8,11H2,1-3H3/b13-9?,14-10+,17-15?,18-16-. The van der Waals surface area contributed by atoms with Gasteiger partial charge >= 0.3 is 0 Å². The second kappa shape index (κ2) is 8.36. The van der Waals surface area contributed by atoms with Crippen LogP contribution in [-0.2, 0) is 0 Å². The van der Waals surface area contributed by atoms with Crippen LogP contribution in [0.15, 0.2) is 27.7 Å². The molecule has 0 saturated heterocycles. The van der Waals surface area contributed by atoms with Gasteiger partial charge in [0.2, 0.25) is 0 Å². The van der Waals surface area contributed by atoms with Gasteiger partial charge in [-0.1, -0.05) is 44.9 Å². The minimum Gasteiger partial charge on any atom is -0.303 e. The maximum atomic E-state index is 8.06. The summed E-state index contributed by atoms with van der Waals surface area (Å²) in [4.78, 5) is 0. The van der Waals surface area contributed by atoms with E-state index in [1.165, 1.54) is 24.8 Å². The molecule has 0 bridgehead atoms. The third-order valence-electron chi connectivity index (χ3n) is 3.66. The van der Waals surface area contributed by atoms with Crippen molar-refractivity contribution in [2.24, 2.45) is 10.3 Å². The summed E-state index contributed by atoms with van der Waals surface area (Å²) in [7, 11) is 0. The molecule has 19 heavy (non-hydrogen) atoms. The summed E-state index contributed by atoms with van der Waals surface area (Å²) in [5.74, 6) is 0.820. The van der Waals surface area contributed by atoms with Crippen LogP contribution in [0.4, 0.5) is 0 Å². The molecule has 106 valence electrons. The number of rotatable bonds is 6. The van der Waals surface area contributed by atoms with E-state index >= 15 is 0 Å². The van der Waals surface area contributed by atoms with Crippen LogP contribution >= 0.6 is 12.8 Å². The lowest BCUT2D eigenvalue weighted by molar-refractivity contribution is 0.620. The van der Waals surface area contributed by atoms with Crippen LogP contribution in [0.1, 0.15) is 59.3 Å². The molecule has 1 unspecified atom stereocenters. The zero-order chi connectivity index (χ0) is 14.3. The van der Waals surface area contributed by atoms with E-state index in [-0.39, 0.29) is 0 Å². The van der Waals surface area contributed by atoms with E-state index in [4.69, 9.17) is 5.41 Å².